The van der Waals surface area contributed by atoms with Crippen molar-refractivity contribution in [2.75, 3.05) is 0 Å². The van der Waals surface area contributed by atoms with Gasteiger partial charge in [-0.3, -0.25) is 0 Å². The topological polar surface area (TPSA) is 38.9 Å². The lowest BCUT2D eigenvalue weighted by atomic mass is 10.3. The monoisotopic (exact) mass is 244 g/mol. The lowest BCUT2D eigenvalue weighted by molar-refractivity contribution is 0.835. The van der Waals surface area contributed by atoms with E-state index in [1.54, 1.807) is 11.3 Å². The minimum atomic E-state index is 0.0525. The lowest BCUT2D eigenvalue weighted by Gasteiger charge is -1.96. The van der Waals surface area contributed by atoms with Crippen LogP contribution >= 0.6 is 34.3 Å². The van der Waals surface area contributed by atoms with Crippen molar-refractivity contribution in [2.24, 2.45) is 5.73 Å². The van der Waals surface area contributed by atoms with Crippen LogP contribution in [0.1, 0.15) is 17.8 Å². The Balaban J connectivity index is 2.33. The van der Waals surface area contributed by atoms with E-state index in [0.29, 0.717) is 0 Å². The third-order valence-corrected chi connectivity index (χ3v) is 4.35. The maximum Gasteiger partial charge on any atom is 0.133 e. The van der Waals surface area contributed by atoms with Gasteiger partial charge in [0.05, 0.1) is 9.21 Å². The molecule has 1 unspecified atom stereocenters. The van der Waals surface area contributed by atoms with Gasteiger partial charge in [-0.05, 0) is 19.1 Å². The smallest absolute Gasteiger partial charge is 0.133 e. The second-order valence-corrected chi connectivity index (χ2v) is 5.74. The van der Waals surface area contributed by atoms with Crippen molar-refractivity contribution in [3.8, 4) is 9.88 Å². The molecule has 0 fully saturated rings. The molecular weight excluding hydrogens is 236 g/mol. The molecule has 2 nitrogen and oxygen atoms in total. The standard InChI is InChI=1S/C9H9ClN2S2/c1-5(11)7-4-12-9(14-7)6-2-3-8(10)13-6/h2-5H,11H2,1H3. The number of hydrogen-bond acceptors (Lipinski definition) is 4. The molecule has 2 N–H and O–H groups in total. The highest BCUT2D eigenvalue weighted by atomic mass is 35.5. The van der Waals surface area contributed by atoms with Crippen LogP contribution < -0.4 is 5.73 Å². The number of nitrogens with zero attached hydrogens (tertiary/aromatic N) is 1. The quantitative estimate of drug-likeness (QED) is 0.878. The summed E-state index contributed by atoms with van der Waals surface area (Å²) in [4.78, 5) is 6.52. The largest absolute Gasteiger partial charge is 0.323 e. The summed E-state index contributed by atoms with van der Waals surface area (Å²) in [5.74, 6) is 0. The van der Waals surface area contributed by atoms with Gasteiger partial charge in [-0.15, -0.1) is 22.7 Å². The second kappa shape index (κ2) is 3.98. The van der Waals surface area contributed by atoms with Crippen molar-refractivity contribution in [1.82, 2.24) is 4.98 Å². The van der Waals surface area contributed by atoms with E-state index in [2.05, 4.69) is 4.98 Å². The second-order valence-electron chi connectivity index (χ2n) is 2.96. The molecule has 0 saturated heterocycles. The van der Waals surface area contributed by atoms with Crippen LogP contribution in [0.2, 0.25) is 4.34 Å². The number of thiazole rings is 1. The van der Waals surface area contributed by atoms with Gasteiger partial charge in [0, 0.05) is 17.1 Å². The van der Waals surface area contributed by atoms with Crippen molar-refractivity contribution in [3.05, 3.63) is 27.5 Å². The molecule has 2 rings (SSSR count). The summed E-state index contributed by atoms with van der Waals surface area (Å²) in [6.45, 7) is 1.96. The van der Waals surface area contributed by atoms with Crippen LogP contribution in [0.4, 0.5) is 0 Å². The van der Waals surface area contributed by atoms with E-state index < -0.39 is 0 Å². The number of halogens is 1. The number of hydrogen-bond donors (Lipinski definition) is 1. The van der Waals surface area contributed by atoms with Crippen molar-refractivity contribution in [3.63, 3.8) is 0 Å². The zero-order valence-electron chi connectivity index (χ0n) is 7.53. The van der Waals surface area contributed by atoms with Crippen molar-refractivity contribution in [1.29, 1.82) is 0 Å². The highest BCUT2D eigenvalue weighted by molar-refractivity contribution is 7.23. The minimum Gasteiger partial charge on any atom is -0.323 e. The van der Waals surface area contributed by atoms with Gasteiger partial charge in [0.25, 0.3) is 0 Å². The first-order valence-electron chi connectivity index (χ1n) is 4.14. The third kappa shape index (κ3) is 1.98. The average molecular weight is 245 g/mol. The normalized spacial score (nSPS) is 13.1. The Kier molecular flexibility index (Phi) is 2.88. The van der Waals surface area contributed by atoms with Crippen molar-refractivity contribution >= 4 is 34.3 Å². The number of thiophene rings is 1. The summed E-state index contributed by atoms with van der Waals surface area (Å²) in [5.41, 5.74) is 5.76. The van der Waals surface area contributed by atoms with Gasteiger partial charge in [-0.25, -0.2) is 4.98 Å². The van der Waals surface area contributed by atoms with Gasteiger partial charge < -0.3 is 5.73 Å². The molecule has 0 aliphatic carbocycles. The predicted octanol–water partition coefficient (Wildman–Crippen LogP) is 3.54. The Morgan fingerprint density at radius 3 is 2.71 bits per heavy atom. The van der Waals surface area contributed by atoms with E-state index in [-0.39, 0.29) is 6.04 Å². The van der Waals surface area contributed by atoms with Crippen LogP contribution in [0.3, 0.4) is 0 Å². The third-order valence-electron chi connectivity index (χ3n) is 1.76. The van der Waals surface area contributed by atoms with Crippen LogP contribution in [0.25, 0.3) is 9.88 Å². The Hall–Kier alpha value is -0.420. The number of aromatic nitrogens is 1. The summed E-state index contributed by atoms with van der Waals surface area (Å²) in [5, 5.41) is 0.995. The molecule has 0 radical (unpaired) electrons. The number of nitrogens with two attached hydrogens (primary N) is 1. The van der Waals surface area contributed by atoms with Gasteiger partial charge in [0.1, 0.15) is 5.01 Å². The van der Waals surface area contributed by atoms with E-state index in [0.717, 1.165) is 19.1 Å². The van der Waals surface area contributed by atoms with Crippen LogP contribution in [-0.4, -0.2) is 4.98 Å². The molecule has 74 valence electrons. The van der Waals surface area contributed by atoms with Gasteiger partial charge in [-0.2, -0.15) is 0 Å². The fourth-order valence-electron chi connectivity index (χ4n) is 1.04. The summed E-state index contributed by atoms with van der Waals surface area (Å²) < 4.78 is 0.789. The van der Waals surface area contributed by atoms with Crippen LogP contribution in [0.5, 0.6) is 0 Å². The van der Waals surface area contributed by atoms with Gasteiger partial charge in [0.2, 0.25) is 0 Å². The SMILES string of the molecule is CC(N)c1cnc(-c2ccc(Cl)s2)s1. The fourth-order valence-corrected chi connectivity index (χ4v) is 3.01. The maximum atomic E-state index is 5.85. The van der Waals surface area contributed by atoms with E-state index in [4.69, 9.17) is 17.3 Å². The summed E-state index contributed by atoms with van der Waals surface area (Å²) in [6, 6.07) is 3.92. The molecule has 2 heterocycles. The fraction of sp³-hybridized carbons (Fsp3) is 0.222. The van der Waals surface area contributed by atoms with Gasteiger partial charge >= 0.3 is 0 Å². The van der Waals surface area contributed by atoms with Gasteiger partial charge in [-0.1, -0.05) is 11.6 Å². The van der Waals surface area contributed by atoms with Crippen molar-refractivity contribution < 1.29 is 0 Å². The van der Waals surface area contributed by atoms with E-state index in [1.165, 1.54) is 11.3 Å². The highest BCUT2D eigenvalue weighted by Gasteiger charge is 2.09. The Morgan fingerprint density at radius 1 is 1.43 bits per heavy atom. The highest BCUT2D eigenvalue weighted by Crippen LogP contribution is 2.34. The molecule has 0 aliphatic heterocycles. The first-order valence-corrected chi connectivity index (χ1v) is 6.15. The summed E-state index contributed by atoms with van der Waals surface area (Å²) >= 11 is 9.01. The van der Waals surface area contributed by atoms with E-state index in [1.807, 2.05) is 25.3 Å². The molecule has 0 bridgehead atoms. The van der Waals surface area contributed by atoms with Crippen LogP contribution in [-0.2, 0) is 0 Å². The molecule has 1 atom stereocenters. The van der Waals surface area contributed by atoms with Crippen LogP contribution in [0.15, 0.2) is 18.3 Å². The van der Waals surface area contributed by atoms with Crippen LogP contribution in [0, 0.1) is 0 Å². The van der Waals surface area contributed by atoms with Crippen molar-refractivity contribution in [2.45, 2.75) is 13.0 Å². The summed E-state index contributed by atoms with van der Waals surface area (Å²) in [7, 11) is 0. The molecule has 2 aromatic heterocycles. The zero-order valence-corrected chi connectivity index (χ0v) is 9.92. The first kappa shape index (κ1) is 10.1. The molecule has 5 heteroatoms. The van der Waals surface area contributed by atoms with Gasteiger partial charge in [0.15, 0.2) is 0 Å². The zero-order chi connectivity index (χ0) is 10.1. The molecule has 0 aliphatic rings. The maximum absolute atomic E-state index is 5.85. The Morgan fingerprint density at radius 2 is 2.21 bits per heavy atom. The molecular formula is C9H9ClN2S2. The molecule has 14 heavy (non-hydrogen) atoms. The molecule has 2 aromatic rings. The minimum absolute atomic E-state index is 0.0525. The lowest BCUT2D eigenvalue weighted by Crippen LogP contribution is -2.01. The average Bonchev–Trinajstić information content (AvgIpc) is 2.70. The first-order chi connectivity index (χ1) is 6.66. The molecule has 0 spiro atoms. The Bertz CT molecular complexity index is 433. The van der Waals surface area contributed by atoms with E-state index >= 15 is 0 Å². The molecule has 0 amide bonds. The Labute approximate surface area is 95.4 Å². The predicted molar refractivity (Wildman–Crippen MR) is 63.0 cm³/mol. The van der Waals surface area contributed by atoms with E-state index in [9.17, 15) is 0 Å². The molecule has 0 aromatic carbocycles. The molecule has 0 saturated carbocycles. The summed E-state index contributed by atoms with van der Waals surface area (Å²) in [6.07, 6.45) is 1.83. The number of rotatable bonds is 2.